The van der Waals surface area contributed by atoms with Gasteiger partial charge in [-0.25, -0.2) is 0 Å². The third kappa shape index (κ3) is 6.12. The maximum absolute atomic E-state index is 12.6. The van der Waals surface area contributed by atoms with Gasteiger partial charge in [0.1, 0.15) is 11.8 Å². The van der Waals surface area contributed by atoms with Gasteiger partial charge in [-0.05, 0) is 42.5 Å². The third-order valence-electron chi connectivity index (χ3n) is 4.79. The zero-order valence-electron chi connectivity index (χ0n) is 16.9. The van der Waals surface area contributed by atoms with Crippen molar-refractivity contribution in [3.63, 3.8) is 0 Å². The average Bonchev–Trinajstić information content (AvgIpc) is 2.71. The van der Waals surface area contributed by atoms with Gasteiger partial charge in [0.2, 0.25) is 11.8 Å². The maximum Gasteiger partial charge on any atom is 0.244 e. The molecular formula is C23H30N2O3. The predicted octanol–water partition coefficient (Wildman–Crippen LogP) is 3.95. The van der Waals surface area contributed by atoms with E-state index >= 15 is 0 Å². The van der Waals surface area contributed by atoms with Crippen molar-refractivity contribution in [1.29, 1.82) is 0 Å². The van der Waals surface area contributed by atoms with Crippen molar-refractivity contribution < 1.29 is 14.3 Å². The summed E-state index contributed by atoms with van der Waals surface area (Å²) in [5.41, 5.74) is 7.06. The van der Waals surface area contributed by atoms with Crippen LogP contribution >= 0.6 is 0 Å². The fourth-order valence-corrected chi connectivity index (χ4v) is 3.05. The summed E-state index contributed by atoms with van der Waals surface area (Å²) in [6.07, 6.45) is 2.25. The molecule has 2 rings (SSSR count). The molecule has 3 N–H and O–H groups in total. The monoisotopic (exact) mass is 382 g/mol. The number of nitrogens with one attached hydrogen (secondary N) is 1. The van der Waals surface area contributed by atoms with Crippen LogP contribution in [-0.4, -0.2) is 18.4 Å². The largest absolute Gasteiger partial charge is 0.493 e. The Morgan fingerprint density at radius 2 is 1.64 bits per heavy atom. The van der Waals surface area contributed by atoms with Crippen molar-refractivity contribution in [3.8, 4) is 5.75 Å². The highest BCUT2D eigenvalue weighted by atomic mass is 16.5. The fourth-order valence-electron chi connectivity index (χ4n) is 3.05. The van der Waals surface area contributed by atoms with E-state index in [0.717, 1.165) is 24.2 Å². The molecule has 0 heterocycles. The van der Waals surface area contributed by atoms with E-state index in [-0.39, 0.29) is 11.8 Å². The summed E-state index contributed by atoms with van der Waals surface area (Å²) in [7, 11) is 0. The van der Waals surface area contributed by atoms with Gasteiger partial charge in [-0.1, -0.05) is 62.7 Å². The van der Waals surface area contributed by atoms with Crippen LogP contribution in [-0.2, 0) is 9.59 Å². The molecule has 0 spiro atoms. The van der Waals surface area contributed by atoms with Crippen molar-refractivity contribution >= 4 is 11.8 Å². The SMILES string of the molecule is CCCC(C)COc1ccc([C@@H](NC(=O)[C@@H](C)c2ccccc2)C(N)=O)cc1. The topological polar surface area (TPSA) is 81.4 Å². The molecule has 2 aromatic rings. The Hall–Kier alpha value is -2.82. The second-order valence-corrected chi connectivity index (χ2v) is 7.25. The molecule has 0 saturated carbocycles. The molecule has 0 fully saturated rings. The fraction of sp³-hybridized carbons (Fsp3) is 0.391. The van der Waals surface area contributed by atoms with E-state index in [1.807, 2.05) is 30.3 Å². The summed E-state index contributed by atoms with van der Waals surface area (Å²) in [4.78, 5) is 24.5. The smallest absolute Gasteiger partial charge is 0.244 e. The Morgan fingerprint density at radius 3 is 2.21 bits per heavy atom. The van der Waals surface area contributed by atoms with Crippen LogP contribution in [0.2, 0.25) is 0 Å². The summed E-state index contributed by atoms with van der Waals surface area (Å²) in [5, 5.41) is 2.76. The Bertz CT molecular complexity index is 759. The zero-order valence-corrected chi connectivity index (χ0v) is 16.9. The van der Waals surface area contributed by atoms with Crippen LogP contribution in [0.15, 0.2) is 54.6 Å². The van der Waals surface area contributed by atoms with E-state index in [1.165, 1.54) is 0 Å². The number of benzene rings is 2. The lowest BCUT2D eigenvalue weighted by Gasteiger charge is -2.20. The summed E-state index contributed by atoms with van der Waals surface area (Å²) < 4.78 is 5.79. The molecule has 0 aliphatic rings. The lowest BCUT2D eigenvalue weighted by Crippen LogP contribution is -2.39. The minimum Gasteiger partial charge on any atom is -0.493 e. The molecule has 5 nitrogen and oxygen atoms in total. The molecule has 5 heteroatoms. The first kappa shape index (κ1) is 21.5. The van der Waals surface area contributed by atoms with E-state index in [0.29, 0.717) is 18.1 Å². The second kappa shape index (κ2) is 10.5. The number of carbonyl (C=O) groups is 2. The van der Waals surface area contributed by atoms with E-state index in [2.05, 4.69) is 19.2 Å². The molecule has 0 radical (unpaired) electrons. The van der Waals surface area contributed by atoms with Crippen LogP contribution in [0.25, 0.3) is 0 Å². The number of amides is 2. The van der Waals surface area contributed by atoms with Gasteiger partial charge < -0.3 is 15.8 Å². The zero-order chi connectivity index (χ0) is 20.5. The summed E-state index contributed by atoms with van der Waals surface area (Å²) >= 11 is 0. The summed E-state index contributed by atoms with van der Waals surface area (Å²) in [5.74, 6) is -0.00557. The summed E-state index contributed by atoms with van der Waals surface area (Å²) in [6, 6.07) is 15.7. The van der Waals surface area contributed by atoms with Crippen molar-refractivity contribution in [1.82, 2.24) is 5.32 Å². The number of hydrogen-bond acceptors (Lipinski definition) is 3. The van der Waals surface area contributed by atoms with Crippen molar-refractivity contribution in [2.45, 2.75) is 45.6 Å². The lowest BCUT2D eigenvalue weighted by atomic mass is 9.99. The predicted molar refractivity (Wildman–Crippen MR) is 111 cm³/mol. The Balaban J connectivity index is 2.03. The molecular weight excluding hydrogens is 352 g/mol. The number of nitrogens with two attached hydrogens (primary N) is 1. The van der Waals surface area contributed by atoms with Gasteiger partial charge in [0.25, 0.3) is 0 Å². The second-order valence-electron chi connectivity index (χ2n) is 7.25. The van der Waals surface area contributed by atoms with Crippen LogP contribution < -0.4 is 15.8 Å². The molecule has 1 unspecified atom stereocenters. The standard InChI is InChI=1S/C23H30N2O3/c1-4-8-16(2)15-28-20-13-11-19(12-14-20)21(22(24)26)25-23(27)17(3)18-9-6-5-7-10-18/h5-7,9-14,16-17,21H,4,8,15H2,1-3H3,(H2,24,26)(H,25,27)/t16?,17-,21+/m0/s1. The number of hydrogen-bond donors (Lipinski definition) is 2. The molecule has 150 valence electrons. The van der Waals surface area contributed by atoms with Crippen molar-refractivity contribution in [3.05, 3.63) is 65.7 Å². The van der Waals surface area contributed by atoms with Gasteiger partial charge >= 0.3 is 0 Å². The van der Waals surface area contributed by atoms with E-state index in [4.69, 9.17) is 10.5 Å². The van der Waals surface area contributed by atoms with Crippen LogP contribution in [0.3, 0.4) is 0 Å². The highest BCUT2D eigenvalue weighted by Gasteiger charge is 2.24. The minimum absolute atomic E-state index is 0.247. The number of primary amides is 1. The lowest BCUT2D eigenvalue weighted by molar-refractivity contribution is -0.128. The first-order valence-electron chi connectivity index (χ1n) is 9.79. The van der Waals surface area contributed by atoms with Crippen LogP contribution in [0.1, 0.15) is 56.7 Å². The van der Waals surface area contributed by atoms with Gasteiger partial charge in [0, 0.05) is 0 Å². The Kier molecular flexibility index (Phi) is 8.05. The van der Waals surface area contributed by atoms with Gasteiger partial charge in [-0.2, -0.15) is 0 Å². The van der Waals surface area contributed by atoms with E-state index in [9.17, 15) is 9.59 Å². The quantitative estimate of drug-likeness (QED) is 0.653. The number of carbonyl (C=O) groups excluding carboxylic acids is 2. The number of rotatable bonds is 10. The van der Waals surface area contributed by atoms with Crippen molar-refractivity contribution in [2.24, 2.45) is 11.7 Å². The maximum atomic E-state index is 12.6. The van der Waals surface area contributed by atoms with Gasteiger partial charge in [-0.15, -0.1) is 0 Å². The molecule has 0 aromatic heterocycles. The third-order valence-corrected chi connectivity index (χ3v) is 4.79. The molecule has 2 aromatic carbocycles. The molecule has 0 saturated heterocycles. The normalized spacial score (nSPS) is 14.0. The molecule has 0 aliphatic carbocycles. The van der Waals surface area contributed by atoms with Crippen LogP contribution in [0, 0.1) is 5.92 Å². The highest BCUT2D eigenvalue weighted by Crippen LogP contribution is 2.21. The van der Waals surface area contributed by atoms with Crippen molar-refractivity contribution in [2.75, 3.05) is 6.61 Å². The van der Waals surface area contributed by atoms with Gasteiger partial charge in [0.05, 0.1) is 12.5 Å². The molecule has 3 atom stereocenters. The molecule has 0 aliphatic heterocycles. The first-order valence-corrected chi connectivity index (χ1v) is 9.79. The average molecular weight is 383 g/mol. The van der Waals surface area contributed by atoms with Gasteiger partial charge in [-0.3, -0.25) is 9.59 Å². The Morgan fingerprint density at radius 1 is 1.00 bits per heavy atom. The molecule has 28 heavy (non-hydrogen) atoms. The highest BCUT2D eigenvalue weighted by molar-refractivity contribution is 5.90. The van der Waals surface area contributed by atoms with E-state index in [1.54, 1.807) is 31.2 Å². The molecule has 0 bridgehead atoms. The van der Waals surface area contributed by atoms with Crippen LogP contribution in [0.5, 0.6) is 5.75 Å². The summed E-state index contributed by atoms with van der Waals surface area (Å²) in [6.45, 7) is 6.77. The number of ether oxygens (including phenoxy) is 1. The first-order chi connectivity index (χ1) is 13.4. The molecule has 2 amide bonds. The Labute approximate surface area is 167 Å². The minimum atomic E-state index is -0.883. The van der Waals surface area contributed by atoms with Gasteiger partial charge in [0.15, 0.2) is 0 Å². The van der Waals surface area contributed by atoms with E-state index < -0.39 is 11.9 Å². The van der Waals surface area contributed by atoms with Crippen LogP contribution in [0.4, 0.5) is 0 Å².